The minimum Gasteiger partial charge on any atom is -0.397 e. The van der Waals surface area contributed by atoms with Gasteiger partial charge in [-0.3, -0.25) is 4.79 Å². The second-order valence-electron chi connectivity index (χ2n) is 4.91. The Balaban J connectivity index is 1.84. The number of nitrogens with two attached hydrogens (primary N) is 1. The first-order chi connectivity index (χ1) is 10.1. The van der Waals surface area contributed by atoms with Gasteiger partial charge in [0.05, 0.1) is 5.69 Å². The number of nitrogens with zero attached hydrogens (tertiary/aromatic N) is 1. The summed E-state index contributed by atoms with van der Waals surface area (Å²) in [6.45, 7) is 4.49. The first-order valence-electron chi connectivity index (χ1n) is 6.51. The number of carbonyl (C=O) groups is 1. The van der Waals surface area contributed by atoms with Gasteiger partial charge in [0.25, 0.3) is 5.91 Å². The number of aryl methyl sites for hydroxylation is 2. The highest BCUT2D eigenvalue weighted by Crippen LogP contribution is 2.32. The van der Waals surface area contributed by atoms with E-state index in [0.29, 0.717) is 17.1 Å². The highest BCUT2D eigenvalue weighted by molar-refractivity contribution is 7.21. The molecular weight excluding hydrogens is 302 g/mol. The zero-order valence-electron chi connectivity index (χ0n) is 11.8. The van der Waals surface area contributed by atoms with Gasteiger partial charge in [-0.1, -0.05) is 0 Å². The lowest BCUT2D eigenvalue weighted by molar-refractivity contribution is 0.0956. The fraction of sp³-hybridized carbons (Fsp3) is 0.200. The third-order valence-electron chi connectivity index (χ3n) is 3.34. The molecule has 0 radical (unpaired) electrons. The van der Waals surface area contributed by atoms with E-state index in [0.717, 1.165) is 21.5 Å². The number of pyridine rings is 1. The van der Waals surface area contributed by atoms with Gasteiger partial charge in [0.1, 0.15) is 9.71 Å². The summed E-state index contributed by atoms with van der Waals surface area (Å²) in [5.41, 5.74) is 9.85. The van der Waals surface area contributed by atoms with Crippen LogP contribution in [0.3, 0.4) is 0 Å². The van der Waals surface area contributed by atoms with E-state index < -0.39 is 0 Å². The minimum absolute atomic E-state index is 0.140. The third-order valence-corrected chi connectivity index (χ3v) is 5.36. The minimum atomic E-state index is -0.140. The molecule has 108 valence electrons. The Morgan fingerprint density at radius 3 is 2.86 bits per heavy atom. The first-order valence-corrected chi connectivity index (χ1v) is 8.27. The van der Waals surface area contributed by atoms with E-state index >= 15 is 0 Å². The smallest absolute Gasteiger partial charge is 0.263 e. The van der Waals surface area contributed by atoms with E-state index in [4.69, 9.17) is 5.73 Å². The molecule has 3 N–H and O–H groups in total. The molecule has 0 aromatic carbocycles. The zero-order valence-corrected chi connectivity index (χ0v) is 13.4. The zero-order chi connectivity index (χ0) is 15.0. The maximum Gasteiger partial charge on any atom is 0.263 e. The summed E-state index contributed by atoms with van der Waals surface area (Å²) in [5, 5.41) is 7.90. The lowest BCUT2D eigenvalue weighted by Gasteiger charge is -2.04. The molecule has 0 bridgehead atoms. The summed E-state index contributed by atoms with van der Waals surface area (Å²) >= 11 is 2.98. The van der Waals surface area contributed by atoms with E-state index in [-0.39, 0.29) is 5.91 Å². The number of amides is 1. The van der Waals surface area contributed by atoms with Crippen molar-refractivity contribution < 1.29 is 4.79 Å². The molecular formula is C15H15N3OS2. The van der Waals surface area contributed by atoms with Crippen molar-refractivity contribution in [2.75, 3.05) is 5.73 Å². The quantitative estimate of drug-likeness (QED) is 0.777. The van der Waals surface area contributed by atoms with Crippen molar-refractivity contribution in [3.63, 3.8) is 0 Å². The Bertz CT molecular complexity index is 820. The number of anilines is 1. The molecule has 0 aliphatic heterocycles. The standard InChI is InChI=1S/C15H15N3OS2/c1-8-6-20-7-10(8)5-17-14(19)13-12(16)11-4-3-9(2)18-15(11)21-13/h3-4,6-7H,5,16H2,1-2H3,(H,17,19). The van der Waals surface area contributed by atoms with E-state index in [9.17, 15) is 4.79 Å². The molecule has 0 aliphatic carbocycles. The highest BCUT2D eigenvalue weighted by Gasteiger charge is 2.17. The second kappa shape index (κ2) is 5.46. The molecule has 3 rings (SSSR count). The van der Waals surface area contributed by atoms with Crippen LogP contribution in [0, 0.1) is 13.8 Å². The van der Waals surface area contributed by atoms with E-state index in [1.165, 1.54) is 16.9 Å². The van der Waals surface area contributed by atoms with Crippen LogP contribution in [0.2, 0.25) is 0 Å². The van der Waals surface area contributed by atoms with Crippen LogP contribution in [0.25, 0.3) is 10.2 Å². The van der Waals surface area contributed by atoms with Gasteiger partial charge in [0, 0.05) is 17.6 Å². The van der Waals surface area contributed by atoms with Crippen LogP contribution in [0.5, 0.6) is 0 Å². The van der Waals surface area contributed by atoms with Crippen LogP contribution in [0.1, 0.15) is 26.5 Å². The number of hydrogen-bond donors (Lipinski definition) is 2. The lowest BCUT2D eigenvalue weighted by atomic mass is 10.2. The average molecular weight is 317 g/mol. The molecule has 0 saturated heterocycles. The molecule has 0 fully saturated rings. The second-order valence-corrected chi connectivity index (χ2v) is 6.66. The van der Waals surface area contributed by atoms with Gasteiger partial charge in [-0.25, -0.2) is 4.98 Å². The van der Waals surface area contributed by atoms with Crippen LogP contribution in [0.4, 0.5) is 5.69 Å². The van der Waals surface area contributed by atoms with E-state index in [1.54, 1.807) is 11.3 Å². The number of rotatable bonds is 3. The predicted molar refractivity (Wildman–Crippen MR) is 89.0 cm³/mol. The monoisotopic (exact) mass is 317 g/mol. The molecule has 0 aliphatic rings. The average Bonchev–Trinajstić information content (AvgIpc) is 3.00. The molecule has 0 spiro atoms. The first kappa shape index (κ1) is 14.0. The van der Waals surface area contributed by atoms with E-state index in [1.807, 2.05) is 26.0 Å². The van der Waals surface area contributed by atoms with Crippen molar-refractivity contribution >= 4 is 44.5 Å². The van der Waals surface area contributed by atoms with Crippen molar-refractivity contribution in [1.29, 1.82) is 0 Å². The summed E-state index contributed by atoms with van der Waals surface area (Å²) in [6.07, 6.45) is 0. The number of hydrogen-bond acceptors (Lipinski definition) is 5. The molecule has 1 amide bonds. The van der Waals surface area contributed by atoms with Crippen molar-refractivity contribution in [3.8, 4) is 0 Å². The largest absolute Gasteiger partial charge is 0.397 e. The third kappa shape index (κ3) is 2.64. The maximum atomic E-state index is 12.3. The van der Waals surface area contributed by atoms with Crippen molar-refractivity contribution in [2.24, 2.45) is 0 Å². The van der Waals surface area contributed by atoms with Crippen LogP contribution in [0.15, 0.2) is 22.9 Å². The molecule has 4 nitrogen and oxygen atoms in total. The van der Waals surface area contributed by atoms with E-state index in [2.05, 4.69) is 21.1 Å². The molecule has 3 aromatic rings. The van der Waals surface area contributed by atoms with Crippen molar-refractivity contribution in [1.82, 2.24) is 10.3 Å². The van der Waals surface area contributed by atoms with Gasteiger partial charge in [0.2, 0.25) is 0 Å². The summed E-state index contributed by atoms with van der Waals surface area (Å²) < 4.78 is 0. The van der Waals surface area contributed by atoms with Crippen molar-refractivity contribution in [3.05, 3.63) is 44.6 Å². The molecule has 6 heteroatoms. The Labute approximate surface area is 130 Å². The van der Waals surface area contributed by atoms with Gasteiger partial charge in [-0.2, -0.15) is 11.3 Å². The van der Waals surface area contributed by atoms with Gasteiger partial charge >= 0.3 is 0 Å². The van der Waals surface area contributed by atoms with Gasteiger partial charge in [-0.15, -0.1) is 11.3 Å². The van der Waals surface area contributed by atoms with Gasteiger partial charge < -0.3 is 11.1 Å². The van der Waals surface area contributed by atoms with Gasteiger partial charge in [-0.05, 0) is 47.9 Å². The fourth-order valence-electron chi connectivity index (χ4n) is 2.08. The maximum absolute atomic E-state index is 12.3. The van der Waals surface area contributed by atoms with Crippen LogP contribution >= 0.6 is 22.7 Å². The number of nitrogen functional groups attached to an aromatic ring is 1. The summed E-state index contributed by atoms with van der Waals surface area (Å²) in [5.74, 6) is -0.140. The molecule has 0 saturated carbocycles. The van der Waals surface area contributed by atoms with Crippen LogP contribution in [-0.2, 0) is 6.54 Å². The lowest BCUT2D eigenvalue weighted by Crippen LogP contribution is -2.22. The summed E-state index contributed by atoms with van der Waals surface area (Å²) in [7, 11) is 0. The van der Waals surface area contributed by atoms with Crippen LogP contribution < -0.4 is 11.1 Å². The highest BCUT2D eigenvalue weighted by atomic mass is 32.1. The fourth-order valence-corrected chi connectivity index (χ4v) is 3.99. The SMILES string of the molecule is Cc1ccc2c(N)c(C(=O)NCc3cscc3C)sc2n1. The number of thiophene rings is 2. The number of nitrogens with one attached hydrogen (secondary N) is 1. The normalized spacial score (nSPS) is 11.0. The Kier molecular flexibility index (Phi) is 3.65. The molecule has 21 heavy (non-hydrogen) atoms. The van der Waals surface area contributed by atoms with Gasteiger partial charge in [0.15, 0.2) is 0 Å². The molecule has 3 aromatic heterocycles. The molecule has 0 unspecified atom stereocenters. The summed E-state index contributed by atoms with van der Waals surface area (Å²) in [4.78, 5) is 18.1. The predicted octanol–water partition coefficient (Wildman–Crippen LogP) is 3.49. The topological polar surface area (TPSA) is 68.0 Å². The number of aromatic nitrogens is 1. The Morgan fingerprint density at radius 2 is 2.14 bits per heavy atom. The number of fused-ring (bicyclic) bond motifs is 1. The number of carbonyl (C=O) groups excluding carboxylic acids is 1. The van der Waals surface area contributed by atoms with Crippen LogP contribution in [-0.4, -0.2) is 10.9 Å². The summed E-state index contributed by atoms with van der Waals surface area (Å²) in [6, 6.07) is 3.82. The molecule has 3 heterocycles. The van der Waals surface area contributed by atoms with Crippen molar-refractivity contribution in [2.45, 2.75) is 20.4 Å². The Morgan fingerprint density at radius 1 is 1.33 bits per heavy atom. The molecule has 0 atom stereocenters. The Hall–Kier alpha value is -1.92.